The van der Waals surface area contributed by atoms with E-state index in [1.165, 1.54) is 44.2 Å². The maximum atomic E-state index is 13.8. The van der Waals surface area contributed by atoms with Gasteiger partial charge in [0.25, 0.3) is 0 Å². The molecule has 5 aliphatic carbocycles. The lowest BCUT2D eigenvalue weighted by molar-refractivity contribution is 0.00757. The third-order valence-corrected chi connectivity index (χ3v) is 10.1. The fourth-order valence-corrected chi connectivity index (χ4v) is 8.27. The number of nitrogens with one attached hydrogen (secondary N) is 2. The molecule has 2 aromatic carbocycles. The van der Waals surface area contributed by atoms with Crippen LogP contribution in [0, 0.1) is 40.8 Å². The summed E-state index contributed by atoms with van der Waals surface area (Å²) in [5, 5.41) is 27.7. The fraction of sp³-hybridized carbons (Fsp3) is 0.438. The van der Waals surface area contributed by atoms with Crippen molar-refractivity contribution in [2.75, 3.05) is 10.6 Å². The summed E-state index contributed by atoms with van der Waals surface area (Å²) >= 11 is 6.85. The molecule has 7 nitrogen and oxygen atoms in total. The van der Waals surface area contributed by atoms with Crippen molar-refractivity contribution >= 4 is 33.9 Å². The van der Waals surface area contributed by atoms with Crippen LogP contribution in [-0.2, 0) is 0 Å². The molecule has 5 aliphatic rings. The molecule has 9 rings (SSSR count). The molecule has 2 heterocycles. The quantitative estimate of drug-likeness (QED) is 0.244. The summed E-state index contributed by atoms with van der Waals surface area (Å²) in [6.45, 7) is 0. The Balaban J connectivity index is 1.18. The zero-order valence-corrected chi connectivity index (χ0v) is 23.4. The Kier molecular flexibility index (Phi) is 5.92. The fourth-order valence-electron chi connectivity index (χ4n) is 8.00. The van der Waals surface area contributed by atoms with Gasteiger partial charge in [-0.15, -0.1) is 5.10 Å². The molecule has 41 heavy (non-hydrogen) atoms. The van der Waals surface area contributed by atoms with Gasteiger partial charge in [-0.1, -0.05) is 28.9 Å². The number of fused-ring (bicyclic) bond motifs is 1. The summed E-state index contributed by atoms with van der Waals surface area (Å²) in [6.07, 6.45) is 12.3. The van der Waals surface area contributed by atoms with E-state index >= 15 is 0 Å². The Bertz CT molecular complexity index is 1640. The van der Waals surface area contributed by atoms with Crippen LogP contribution in [0.1, 0.15) is 73.9 Å². The van der Waals surface area contributed by atoms with E-state index in [2.05, 4.69) is 32.0 Å². The molecular formula is C32H31ClFN7. The largest absolute Gasteiger partial charge is 0.380 e. The minimum absolute atomic E-state index is 0.293. The third-order valence-electron chi connectivity index (χ3n) is 9.84. The maximum absolute atomic E-state index is 13.8. The molecule has 0 spiro atoms. The summed E-state index contributed by atoms with van der Waals surface area (Å²) in [5.41, 5.74) is 4.39. The van der Waals surface area contributed by atoms with E-state index in [1.54, 1.807) is 18.3 Å². The van der Waals surface area contributed by atoms with E-state index in [9.17, 15) is 9.65 Å². The second-order valence-electron chi connectivity index (χ2n) is 12.6. The minimum Gasteiger partial charge on any atom is -0.380 e. The molecule has 0 amide bonds. The normalized spacial score (nSPS) is 27.1. The number of anilines is 2. The highest BCUT2D eigenvalue weighted by atomic mass is 35.5. The Morgan fingerprint density at radius 2 is 1.76 bits per heavy atom. The number of rotatable bonds is 7. The van der Waals surface area contributed by atoms with E-state index in [0.717, 1.165) is 52.7 Å². The first-order valence-electron chi connectivity index (χ1n) is 14.7. The Hall–Kier alpha value is -3.70. The van der Waals surface area contributed by atoms with Crippen LogP contribution in [0.3, 0.4) is 0 Å². The average molecular weight is 568 g/mol. The van der Waals surface area contributed by atoms with Crippen LogP contribution in [0.5, 0.6) is 0 Å². The van der Waals surface area contributed by atoms with E-state index in [1.807, 2.05) is 23.0 Å². The number of nitrogens with zero attached hydrogens (tertiary/aromatic N) is 5. The van der Waals surface area contributed by atoms with Crippen LogP contribution >= 0.6 is 11.6 Å². The lowest BCUT2D eigenvalue weighted by Crippen LogP contribution is -2.51. The van der Waals surface area contributed by atoms with Gasteiger partial charge >= 0.3 is 0 Å². The minimum atomic E-state index is -0.371. The molecule has 5 fully saturated rings. The van der Waals surface area contributed by atoms with Crippen LogP contribution in [0.4, 0.5) is 15.8 Å². The number of benzene rings is 2. The summed E-state index contributed by atoms with van der Waals surface area (Å²) in [5.74, 6) is 2.74. The number of aromatic nitrogens is 4. The SMILES string of the molecule is N#Cc1cnc2c(Cl)cc(NC(c3ccc(F)cc3)c3cn(C4CC4)nn3)cc2c1NC1C2CC3CC(C2)CC1C3. The number of pyridine rings is 1. The van der Waals surface area contributed by atoms with Gasteiger partial charge in [-0.3, -0.25) is 4.98 Å². The first-order valence-corrected chi connectivity index (χ1v) is 15.1. The average Bonchev–Trinajstić information content (AvgIpc) is 3.70. The highest BCUT2D eigenvalue weighted by Crippen LogP contribution is 2.54. The van der Waals surface area contributed by atoms with Crippen molar-refractivity contribution in [1.29, 1.82) is 5.26 Å². The zero-order valence-electron chi connectivity index (χ0n) is 22.6. The maximum Gasteiger partial charge on any atom is 0.123 e. The molecule has 208 valence electrons. The molecule has 1 atom stereocenters. The van der Waals surface area contributed by atoms with Crippen molar-refractivity contribution in [3.8, 4) is 6.07 Å². The highest BCUT2D eigenvalue weighted by Gasteiger charge is 2.48. The van der Waals surface area contributed by atoms with Crippen LogP contribution in [0.2, 0.25) is 5.02 Å². The molecule has 4 bridgehead atoms. The standard InChI is InChI=1S/C32H31ClFN7/c33-27-13-24(37-31(19-1-3-23(34)4-2-19)28-16-41(40-39-28)25-5-6-25)12-26-30(22(14-35)15-36-32(26)27)38-29-20-8-17-7-18(10-20)11-21(29)9-17/h1-4,12-13,15-18,20-21,25,29,31,37H,5-11H2,(H,36,38). The number of hydrogen-bond acceptors (Lipinski definition) is 6. The van der Waals surface area contributed by atoms with Gasteiger partial charge in [0, 0.05) is 23.3 Å². The van der Waals surface area contributed by atoms with Crippen molar-refractivity contribution in [3.05, 3.63) is 76.5 Å². The first-order chi connectivity index (χ1) is 20.0. The van der Waals surface area contributed by atoms with Crippen LogP contribution in [-0.4, -0.2) is 26.0 Å². The molecule has 9 heteroatoms. The lowest BCUT2D eigenvalue weighted by Gasteiger charge is -2.54. The predicted molar refractivity (Wildman–Crippen MR) is 156 cm³/mol. The molecule has 4 aromatic rings. The van der Waals surface area contributed by atoms with Gasteiger partial charge in [-0.25, -0.2) is 9.07 Å². The van der Waals surface area contributed by atoms with Crippen molar-refractivity contribution < 1.29 is 4.39 Å². The molecule has 0 radical (unpaired) electrons. The van der Waals surface area contributed by atoms with Crippen molar-refractivity contribution in [2.45, 2.75) is 63.1 Å². The second-order valence-corrected chi connectivity index (χ2v) is 13.0. The van der Waals surface area contributed by atoms with Gasteiger partial charge in [-0.2, -0.15) is 5.26 Å². The summed E-state index contributed by atoms with van der Waals surface area (Å²) in [4.78, 5) is 4.58. The van der Waals surface area contributed by atoms with Gasteiger partial charge in [0.05, 0.1) is 40.1 Å². The van der Waals surface area contributed by atoms with Crippen LogP contribution in [0.25, 0.3) is 10.9 Å². The smallest absolute Gasteiger partial charge is 0.123 e. The van der Waals surface area contributed by atoms with E-state index in [4.69, 9.17) is 11.6 Å². The first kappa shape index (κ1) is 25.0. The van der Waals surface area contributed by atoms with Gasteiger partial charge in [0.1, 0.15) is 17.6 Å². The number of halogens is 2. The monoisotopic (exact) mass is 567 g/mol. The molecule has 5 saturated carbocycles. The van der Waals surface area contributed by atoms with Gasteiger partial charge < -0.3 is 10.6 Å². The second kappa shape index (κ2) is 9.70. The summed E-state index contributed by atoms with van der Waals surface area (Å²) in [7, 11) is 0. The Morgan fingerprint density at radius 1 is 1.02 bits per heavy atom. The van der Waals surface area contributed by atoms with Gasteiger partial charge in [0.2, 0.25) is 0 Å². The van der Waals surface area contributed by atoms with Crippen molar-refractivity contribution in [3.63, 3.8) is 0 Å². The summed E-state index contributed by atoms with van der Waals surface area (Å²) < 4.78 is 15.7. The van der Waals surface area contributed by atoms with Gasteiger partial charge in [-0.05, 0) is 98.4 Å². The zero-order chi connectivity index (χ0) is 27.7. The van der Waals surface area contributed by atoms with Crippen molar-refractivity contribution in [1.82, 2.24) is 20.0 Å². The topological polar surface area (TPSA) is 91.5 Å². The lowest BCUT2D eigenvalue weighted by atomic mass is 9.54. The third kappa shape index (κ3) is 4.51. The molecular weight excluding hydrogens is 537 g/mol. The van der Waals surface area contributed by atoms with E-state index in [-0.39, 0.29) is 11.9 Å². The molecule has 0 aliphatic heterocycles. The Labute approximate surface area is 243 Å². The number of nitriles is 1. The van der Waals surface area contributed by atoms with Crippen LogP contribution in [0.15, 0.2) is 48.8 Å². The van der Waals surface area contributed by atoms with Crippen LogP contribution < -0.4 is 10.6 Å². The molecule has 2 N–H and O–H groups in total. The number of hydrogen-bond donors (Lipinski definition) is 2. The Morgan fingerprint density at radius 3 is 2.44 bits per heavy atom. The molecule has 2 aromatic heterocycles. The van der Waals surface area contributed by atoms with E-state index in [0.29, 0.717) is 40.0 Å². The highest BCUT2D eigenvalue weighted by molar-refractivity contribution is 6.35. The van der Waals surface area contributed by atoms with E-state index < -0.39 is 0 Å². The van der Waals surface area contributed by atoms with Crippen molar-refractivity contribution in [2.24, 2.45) is 23.7 Å². The van der Waals surface area contributed by atoms with Gasteiger partial charge in [0.15, 0.2) is 0 Å². The summed E-state index contributed by atoms with van der Waals surface area (Å²) in [6, 6.07) is 13.1. The molecule has 1 unspecified atom stereocenters. The molecule has 0 saturated heterocycles. The predicted octanol–water partition coefficient (Wildman–Crippen LogP) is 7.26.